The summed E-state index contributed by atoms with van der Waals surface area (Å²) >= 11 is 0. The van der Waals surface area contributed by atoms with E-state index in [1.165, 1.54) is 22.3 Å². The zero-order valence-electron chi connectivity index (χ0n) is 16.7. The Morgan fingerprint density at radius 1 is 1.12 bits per heavy atom. The van der Waals surface area contributed by atoms with E-state index >= 15 is 0 Å². The molecule has 1 aromatic rings. The molecule has 0 saturated carbocycles. The maximum Gasteiger partial charge on any atom is 0.0236 e. The molecule has 1 heteroatoms. The van der Waals surface area contributed by atoms with Crippen molar-refractivity contribution in [2.75, 3.05) is 19.6 Å². The third-order valence-corrected chi connectivity index (χ3v) is 3.90. The van der Waals surface area contributed by atoms with Crippen molar-refractivity contribution in [3.05, 3.63) is 71.3 Å². The lowest BCUT2D eigenvalue weighted by molar-refractivity contribution is 0.292. The quantitative estimate of drug-likeness (QED) is 0.602. The molecular weight excluding hydrogens is 290 g/mol. The van der Waals surface area contributed by atoms with Crippen LogP contribution in [0.25, 0.3) is 0 Å². The summed E-state index contributed by atoms with van der Waals surface area (Å²) in [6, 6.07) is 10.8. The van der Waals surface area contributed by atoms with Crippen LogP contribution in [0, 0.1) is 0 Å². The van der Waals surface area contributed by atoms with E-state index < -0.39 is 0 Å². The third-order valence-electron chi connectivity index (χ3n) is 3.90. The standard InChI is InChI=1S/C19H25N.2C2H6/c1-4-8-18-15-20(14-12-19(18)16(2)3)13-11-17-9-6-5-7-10-17;2*1-2/h4-10H,2,11-15H2,1,3H3;2*1-2H3/b8-4-;;. The van der Waals surface area contributed by atoms with E-state index in [1.54, 1.807) is 0 Å². The van der Waals surface area contributed by atoms with Gasteiger partial charge in [-0.25, -0.2) is 0 Å². The molecule has 0 atom stereocenters. The Bertz CT molecular complexity index is 508. The summed E-state index contributed by atoms with van der Waals surface area (Å²) < 4.78 is 0. The zero-order chi connectivity index (χ0) is 18.4. The monoisotopic (exact) mass is 327 g/mol. The number of nitrogens with zero attached hydrogens (tertiary/aromatic N) is 1. The molecule has 0 N–H and O–H groups in total. The van der Waals surface area contributed by atoms with Crippen LogP contribution in [0.2, 0.25) is 0 Å². The van der Waals surface area contributed by atoms with E-state index in [0.717, 1.165) is 32.5 Å². The lowest BCUT2D eigenvalue weighted by Gasteiger charge is -2.30. The summed E-state index contributed by atoms with van der Waals surface area (Å²) in [5, 5.41) is 0. The molecule has 24 heavy (non-hydrogen) atoms. The van der Waals surface area contributed by atoms with Crippen LogP contribution >= 0.6 is 0 Å². The van der Waals surface area contributed by atoms with Crippen LogP contribution in [0.5, 0.6) is 0 Å². The first kappa shape index (κ1) is 22.4. The van der Waals surface area contributed by atoms with Crippen LogP contribution in [-0.2, 0) is 6.42 Å². The van der Waals surface area contributed by atoms with Crippen molar-refractivity contribution >= 4 is 0 Å². The van der Waals surface area contributed by atoms with E-state index in [1.807, 2.05) is 27.7 Å². The average molecular weight is 328 g/mol. The number of hydrogen-bond donors (Lipinski definition) is 0. The van der Waals surface area contributed by atoms with Gasteiger partial charge in [-0.05, 0) is 43.4 Å². The van der Waals surface area contributed by atoms with Crippen molar-refractivity contribution < 1.29 is 0 Å². The minimum absolute atomic E-state index is 1.05. The Balaban J connectivity index is 0.00000123. The van der Waals surface area contributed by atoms with E-state index in [0.29, 0.717) is 0 Å². The molecule has 0 unspecified atom stereocenters. The minimum Gasteiger partial charge on any atom is -0.298 e. The highest BCUT2D eigenvalue weighted by atomic mass is 15.1. The number of allylic oxidation sites excluding steroid dienone is 2. The Hall–Kier alpha value is -1.60. The third kappa shape index (κ3) is 7.79. The van der Waals surface area contributed by atoms with Gasteiger partial charge in [-0.15, -0.1) is 0 Å². The van der Waals surface area contributed by atoms with Gasteiger partial charge < -0.3 is 0 Å². The van der Waals surface area contributed by atoms with Crippen LogP contribution < -0.4 is 0 Å². The normalized spacial score (nSPS) is 14.6. The summed E-state index contributed by atoms with van der Waals surface area (Å²) in [5.41, 5.74) is 5.55. The summed E-state index contributed by atoms with van der Waals surface area (Å²) in [6.45, 7) is 19.7. The molecule has 1 nitrogen and oxygen atoms in total. The Kier molecular flexibility index (Phi) is 12.9. The molecule has 0 amide bonds. The van der Waals surface area contributed by atoms with Crippen molar-refractivity contribution in [3.63, 3.8) is 0 Å². The average Bonchev–Trinajstić information content (AvgIpc) is 2.64. The first-order valence-corrected chi connectivity index (χ1v) is 9.47. The van der Waals surface area contributed by atoms with E-state index in [2.05, 4.69) is 67.8 Å². The Morgan fingerprint density at radius 3 is 2.29 bits per heavy atom. The molecule has 0 bridgehead atoms. The highest BCUT2D eigenvalue weighted by Crippen LogP contribution is 2.24. The predicted molar refractivity (Wildman–Crippen MR) is 111 cm³/mol. The Labute approximate surface area is 150 Å². The topological polar surface area (TPSA) is 3.24 Å². The molecule has 0 saturated heterocycles. The highest BCUT2D eigenvalue weighted by molar-refractivity contribution is 5.40. The van der Waals surface area contributed by atoms with Gasteiger partial charge in [0.15, 0.2) is 0 Å². The van der Waals surface area contributed by atoms with Crippen LogP contribution in [0.15, 0.2) is 65.8 Å². The van der Waals surface area contributed by atoms with Crippen molar-refractivity contribution in [1.29, 1.82) is 0 Å². The number of hydrogen-bond acceptors (Lipinski definition) is 1. The van der Waals surface area contributed by atoms with Gasteiger partial charge in [-0.2, -0.15) is 0 Å². The van der Waals surface area contributed by atoms with Gasteiger partial charge in [0, 0.05) is 19.6 Å². The Morgan fingerprint density at radius 2 is 1.75 bits per heavy atom. The molecule has 0 radical (unpaired) electrons. The second-order valence-electron chi connectivity index (χ2n) is 5.55. The summed E-state index contributed by atoms with van der Waals surface area (Å²) in [7, 11) is 0. The van der Waals surface area contributed by atoms with E-state index in [-0.39, 0.29) is 0 Å². The maximum absolute atomic E-state index is 4.12. The molecule has 1 aromatic carbocycles. The largest absolute Gasteiger partial charge is 0.298 e. The number of rotatable bonds is 5. The fourth-order valence-electron chi connectivity index (χ4n) is 2.81. The number of benzene rings is 1. The second kappa shape index (κ2) is 13.8. The van der Waals surface area contributed by atoms with Crippen LogP contribution in [0.4, 0.5) is 0 Å². The zero-order valence-corrected chi connectivity index (χ0v) is 16.7. The minimum atomic E-state index is 1.05. The van der Waals surface area contributed by atoms with Gasteiger partial charge in [0.2, 0.25) is 0 Å². The van der Waals surface area contributed by atoms with Crippen molar-refractivity contribution in [3.8, 4) is 0 Å². The van der Waals surface area contributed by atoms with Crippen molar-refractivity contribution in [1.82, 2.24) is 4.90 Å². The first-order valence-electron chi connectivity index (χ1n) is 9.47. The van der Waals surface area contributed by atoms with Gasteiger partial charge >= 0.3 is 0 Å². The van der Waals surface area contributed by atoms with Crippen molar-refractivity contribution in [2.24, 2.45) is 0 Å². The van der Waals surface area contributed by atoms with E-state index in [9.17, 15) is 0 Å². The van der Waals surface area contributed by atoms with Crippen molar-refractivity contribution in [2.45, 2.75) is 54.4 Å². The molecule has 0 aliphatic carbocycles. The van der Waals surface area contributed by atoms with Gasteiger partial charge in [0.05, 0.1) is 0 Å². The molecule has 0 spiro atoms. The SMILES string of the molecule is C=C(C)C1=C(/C=C\C)CN(CCc2ccccc2)CC1.CC.CC. The smallest absolute Gasteiger partial charge is 0.0236 e. The molecular formula is C23H37N. The van der Waals surface area contributed by atoms with Gasteiger partial charge in [0.25, 0.3) is 0 Å². The van der Waals surface area contributed by atoms with Crippen LogP contribution in [-0.4, -0.2) is 24.5 Å². The summed E-state index contributed by atoms with van der Waals surface area (Å²) in [4.78, 5) is 2.55. The molecule has 0 fully saturated rings. The van der Waals surface area contributed by atoms with Crippen LogP contribution in [0.1, 0.15) is 53.5 Å². The molecule has 134 valence electrons. The van der Waals surface area contributed by atoms with Gasteiger partial charge in [0.1, 0.15) is 0 Å². The molecule has 0 aromatic heterocycles. The maximum atomic E-state index is 4.12. The molecule has 2 rings (SSSR count). The van der Waals surface area contributed by atoms with E-state index in [4.69, 9.17) is 0 Å². The second-order valence-corrected chi connectivity index (χ2v) is 5.55. The van der Waals surface area contributed by atoms with Crippen LogP contribution in [0.3, 0.4) is 0 Å². The lowest BCUT2D eigenvalue weighted by Crippen LogP contribution is -2.33. The fraction of sp³-hybridized carbons (Fsp3) is 0.478. The summed E-state index contributed by atoms with van der Waals surface area (Å²) in [5.74, 6) is 0. The summed E-state index contributed by atoms with van der Waals surface area (Å²) in [6.07, 6.45) is 6.65. The molecule has 1 aliphatic rings. The fourth-order valence-corrected chi connectivity index (χ4v) is 2.81. The highest BCUT2D eigenvalue weighted by Gasteiger charge is 2.17. The molecule has 1 aliphatic heterocycles. The van der Waals surface area contributed by atoms with Gasteiger partial charge in [-0.1, -0.05) is 82.3 Å². The molecule has 1 heterocycles. The predicted octanol–water partition coefficient (Wildman–Crippen LogP) is 6.44. The lowest BCUT2D eigenvalue weighted by atomic mass is 9.94. The van der Waals surface area contributed by atoms with Gasteiger partial charge in [-0.3, -0.25) is 4.90 Å². The first-order chi connectivity index (χ1) is 11.7.